The van der Waals surface area contributed by atoms with Crippen LogP contribution in [0.25, 0.3) is 0 Å². The minimum atomic E-state index is -0.352. The van der Waals surface area contributed by atoms with Crippen molar-refractivity contribution < 1.29 is 9.90 Å². The van der Waals surface area contributed by atoms with Gasteiger partial charge in [-0.05, 0) is 42.0 Å². The van der Waals surface area contributed by atoms with Crippen molar-refractivity contribution in [2.75, 3.05) is 18.4 Å². The summed E-state index contributed by atoms with van der Waals surface area (Å²) >= 11 is 5.81. The number of carbonyl (C=O) groups excluding carboxylic acids is 1. The quantitative estimate of drug-likeness (QED) is 0.816. The maximum absolute atomic E-state index is 12.1. The number of hydrogen-bond acceptors (Lipinski definition) is 3. The molecule has 0 aromatic heterocycles. The van der Waals surface area contributed by atoms with Crippen molar-refractivity contribution in [1.29, 1.82) is 0 Å². The van der Waals surface area contributed by atoms with Gasteiger partial charge >= 0.3 is 0 Å². The summed E-state index contributed by atoms with van der Waals surface area (Å²) in [5.41, 5.74) is 2.36. The second kappa shape index (κ2) is 6.48. The molecule has 0 radical (unpaired) electrons. The fraction of sp³-hybridized carbons (Fsp3) is 0.235. The van der Waals surface area contributed by atoms with Crippen LogP contribution in [-0.4, -0.2) is 30.2 Å². The van der Waals surface area contributed by atoms with Gasteiger partial charge in [-0.1, -0.05) is 23.7 Å². The van der Waals surface area contributed by atoms with Crippen LogP contribution in [0.2, 0.25) is 5.02 Å². The summed E-state index contributed by atoms with van der Waals surface area (Å²) in [4.78, 5) is 12.1. The van der Waals surface area contributed by atoms with E-state index in [0.717, 1.165) is 17.8 Å². The molecule has 1 heterocycles. The number of β-amino-alcohol motifs (C(OH)–C–C–N with tert-alkyl or cyclic N) is 1. The summed E-state index contributed by atoms with van der Waals surface area (Å²) in [6.07, 6.45) is -0.352. The molecule has 0 bridgehead atoms. The second-order valence-electron chi connectivity index (χ2n) is 5.42. The Hall–Kier alpha value is -1.88. The van der Waals surface area contributed by atoms with E-state index in [1.54, 1.807) is 24.3 Å². The maximum atomic E-state index is 12.1. The van der Waals surface area contributed by atoms with Crippen LogP contribution in [0.1, 0.15) is 21.8 Å². The molecule has 114 valence electrons. The molecular formula is C17H17ClN2O2. The fourth-order valence-corrected chi connectivity index (χ4v) is 2.75. The Bertz CT molecular complexity index is 655. The van der Waals surface area contributed by atoms with Gasteiger partial charge in [-0.2, -0.15) is 0 Å². The molecule has 1 aliphatic rings. The summed E-state index contributed by atoms with van der Waals surface area (Å²) in [7, 11) is 0. The lowest BCUT2D eigenvalue weighted by Gasteiger charge is -2.14. The zero-order valence-corrected chi connectivity index (χ0v) is 12.7. The number of aliphatic hydroxyl groups is 1. The summed E-state index contributed by atoms with van der Waals surface area (Å²) in [5.74, 6) is -0.0620. The molecule has 1 fully saturated rings. The van der Waals surface area contributed by atoms with Crippen LogP contribution in [0.5, 0.6) is 0 Å². The number of halogens is 1. The summed E-state index contributed by atoms with van der Waals surface area (Å²) < 4.78 is 0. The van der Waals surface area contributed by atoms with Gasteiger partial charge in [0.15, 0.2) is 0 Å². The Labute approximate surface area is 134 Å². The molecule has 3 rings (SSSR count). The fourth-order valence-electron chi connectivity index (χ4n) is 2.62. The molecule has 1 amide bonds. The number of nitrogens with one attached hydrogen (secondary N) is 2. The number of anilines is 1. The van der Waals surface area contributed by atoms with Crippen molar-refractivity contribution in [3.8, 4) is 0 Å². The van der Waals surface area contributed by atoms with Crippen molar-refractivity contribution in [1.82, 2.24) is 5.32 Å². The third-order valence-electron chi connectivity index (χ3n) is 3.89. The Morgan fingerprint density at radius 2 is 1.77 bits per heavy atom. The molecule has 2 aromatic rings. The largest absolute Gasteiger partial charge is 0.391 e. The summed E-state index contributed by atoms with van der Waals surface area (Å²) in [6.45, 7) is 1.40. The van der Waals surface area contributed by atoms with Crippen LogP contribution in [-0.2, 0) is 0 Å². The van der Waals surface area contributed by atoms with Crippen molar-refractivity contribution in [3.05, 3.63) is 64.7 Å². The van der Waals surface area contributed by atoms with E-state index in [1.807, 2.05) is 24.3 Å². The molecule has 4 nitrogen and oxygen atoms in total. The first kappa shape index (κ1) is 15.0. The number of aliphatic hydroxyl groups excluding tert-OH is 1. The zero-order chi connectivity index (χ0) is 15.5. The number of carbonyl (C=O) groups is 1. The molecule has 5 heteroatoms. The number of amides is 1. The van der Waals surface area contributed by atoms with Gasteiger partial charge in [-0.25, -0.2) is 0 Å². The number of rotatable bonds is 3. The molecule has 1 saturated heterocycles. The highest BCUT2D eigenvalue weighted by atomic mass is 35.5. The topological polar surface area (TPSA) is 61.4 Å². The van der Waals surface area contributed by atoms with Crippen LogP contribution < -0.4 is 10.6 Å². The van der Waals surface area contributed by atoms with E-state index in [1.165, 1.54) is 0 Å². The Balaban J connectivity index is 1.68. The van der Waals surface area contributed by atoms with Crippen molar-refractivity contribution in [2.24, 2.45) is 0 Å². The third kappa shape index (κ3) is 3.30. The first-order chi connectivity index (χ1) is 10.6. The lowest BCUT2D eigenvalue weighted by atomic mass is 9.96. The number of hydrogen-bond donors (Lipinski definition) is 3. The average molecular weight is 317 g/mol. The molecule has 1 aliphatic heterocycles. The Kier molecular flexibility index (Phi) is 4.43. The molecule has 22 heavy (non-hydrogen) atoms. The van der Waals surface area contributed by atoms with E-state index < -0.39 is 0 Å². The standard InChI is InChI=1S/C17H17ClN2O2/c18-13-5-1-12(2-6-13)17(22)20-14-7-3-11(4-8-14)15-9-19-10-16(15)21/h1-8,15-16,19,21H,9-10H2,(H,20,22). The third-order valence-corrected chi connectivity index (χ3v) is 4.14. The molecule has 3 N–H and O–H groups in total. The smallest absolute Gasteiger partial charge is 0.255 e. The summed E-state index contributed by atoms with van der Waals surface area (Å²) in [5, 5.41) is 16.5. The van der Waals surface area contributed by atoms with E-state index >= 15 is 0 Å². The summed E-state index contributed by atoms with van der Waals surface area (Å²) in [6, 6.07) is 14.3. The van der Waals surface area contributed by atoms with Gasteiger partial charge in [0.05, 0.1) is 6.10 Å². The molecule has 0 aliphatic carbocycles. The molecule has 2 aromatic carbocycles. The van der Waals surface area contributed by atoms with Crippen LogP contribution >= 0.6 is 11.6 Å². The zero-order valence-electron chi connectivity index (χ0n) is 11.9. The van der Waals surface area contributed by atoms with Gasteiger partial charge in [-0.15, -0.1) is 0 Å². The monoisotopic (exact) mass is 316 g/mol. The molecule has 2 unspecified atom stereocenters. The van der Waals surface area contributed by atoms with Crippen LogP contribution in [0, 0.1) is 0 Å². The predicted molar refractivity (Wildman–Crippen MR) is 87.5 cm³/mol. The van der Waals surface area contributed by atoms with Gasteiger partial charge in [0.1, 0.15) is 0 Å². The van der Waals surface area contributed by atoms with E-state index in [2.05, 4.69) is 10.6 Å². The SMILES string of the molecule is O=C(Nc1ccc(C2CNCC2O)cc1)c1ccc(Cl)cc1. The van der Waals surface area contributed by atoms with Gasteiger partial charge in [0.2, 0.25) is 0 Å². The lowest BCUT2D eigenvalue weighted by Crippen LogP contribution is -2.16. The van der Waals surface area contributed by atoms with Gasteiger partial charge < -0.3 is 15.7 Å². The Morgan fingerprint density at radius 3 is 2.36 bits per heavy atom. The minimum Gasteiger partial charge on any atom is -0.391 e. The van der Waals surface area contributed by atoms with E-state index in [-0.39, 0.29) is 17.9 Å². The molecular weight excluding hydrogens is 300 g/mol. The normalized spacial score (nSPS) is 20.8. The highest BCUT2D eigenvalue weighted by Crippen LogP contribution is 2.24. The van der Waals surface area contributed by atoms with Crippen LogP contribution in [0.15, 0.2) is 48.5 Å². The molecule has 0 saturated carbocycles. The lowest BCUT2D eigenvalue weighted by molar-refractivity contribution is 0.102. The van der Waals surface area contributed by atoms with E-state index in [9.17, 15) is 9.90 Å². The molecule has 2 atom stereocenters. The van der Waals surface area contributed by atoms with Crippen molar-refractivity contribution in [3.63, 3.8) is 0 Å². The first-order valence-electron chi connectivity index (χ1n) is 7.19. The average Bonchev–Trinajstić information content (AvgIpc) is 2.95. The first-order valence-corrected chi connectivity index (χ1v) is 7.57. The molecule has 0 spiro atoms. The number of benzene rings is 2. The van der Waals surface area contributed by atoms with E-state index in [4.69, 9.17) is 11.6 Å². The Morgan fingerprint density at radius 1 is 1.09 bits per heavy atom. The highest BCUT2D eigenvalue weighted by Gasteiger charge is 2.26. The van der Waals surface area contributed by atoms with Crippen LogP contribution in [0.3, 0.4) is 0 Å². The van der Waals surface area contributed by atoms with Crippen molar-refractivity contribution in [2.45, 2.75) is 12.0 Å². The van der Waals surface area contributed by atoms with E-state index in [0.29, 0.717) is 17.1 Å². The second-order valence-corrected chi connectivity index (χ2v) is 5.85. The van der Waals surface area contributed by atoms with Gasteiger partial charge in [0.25, 0.3) is 5.91 Å². The van der Waals surface area contributed by atoms with Gasteiger partial charge in [0, 0.05) is 35.3 Å². The minimum absolute atomic E-state index is 0.112. The van der Waals surface area contributed by atoms with Crippen LogP contribution in [0.4, 0.5) is 5.69 Å². The van der Waals surface area contributed by atoms with Gasteiger partial charge in [-0.3, -0.25) is 4.79 Å². The maximum Gasteiger partial charge on any atom is 0.255 e. The predicted octanol–water partition coefficient (Wildman–Crippen LogP) is 2.64. The van der Waals surface area contributed by atoms with Crippen molar-refractivity contribution >= 4 is 23.2 Å². The highest BCUT2D eigenvalue weighted by molar-refractivity contribution is 6.30.